The summed E-state index contributed by atoms with van der Waals surface area (Å²) in [5, 5.41) is 11.9. The van der Waals surface area contributed by atoms with Crippen LogP contribution in [-0.2, 0) is 13.1 Å². The zero-order valence-corrected chi connectivity index (χ0v) is 11.8. The number of oxime groups is 1. The molecular formula is C15H23N3O. The van der Waals surface area contributed by atoms with Gasteiger partial charge in [-0.1, -0.05) is 43.3 Å². The normalized spacial score (nSPS) is 16.6. The number of benzene rings is 1. The van der Waals surface area contributed by atoms with Crippen LogP contribution in [0.3, 0.4) is 0 Å². The largest absolute Gasteiger partial charge is 0.409 e. The maximum atomic E-state index is 8.75. The lowest BCUT2D eigenvalue weighted by Gasteiger charge is -2.24. The molecule has 0 bridgehead atoms. The SMILES string of the molecule is CC(C)(CCCN1Cc2ccccc2C1)C(N)=NO. The zero-order valence-electron chi connectivity index (χ0n) is 11.8. The third-order valence-corrected chi connectivity index (χ3v) is 3.98. The molecule has 3 N–H and O–H groups in total. The van der Waals surface area contributed by atoms with Crippen molar-refractivity contribution in [2.24, 2.45) is 16.3 Å². The Hall–Kier alpha value is -1.55. The zero-order chi connectivity index (χ0) is 13.9. The molecule has 4 heteroatoms. The molecule has 0 aromatic heterocycles. The van der Waals surface area contributed by atoms with E-state index in [2.05, 4.69) is 34.3 Å². The van der Waals surface area contributed by atoms with E-state index in [-0.39, 0.29) is 5.41 Å². The van der Waals surface area contributed by atoms with Gasteiger partial charge in [-0.2, -0.15) is 0 Å². The van der Waals surface area contributed by atoms with E-state index in [0.29, 0.717) is 5.84 Å². The molecule has 0 amide bonds. The third kappa shape index (κ3) is 3.26. The van der Waals surface area contributed by atoms with Crippen LogP contribution in [-0.4, -0.2) is 22.5 Å². The summed E-state index contributed by atoms with van der Waals surface area (Å²) in [6, 6.07) is 8.61. The highest BCUT2D eigenvalue weighted by Crippen LogP contribution is 2.25. The molecule has 2 rings (SSSR count). The molecular weight excluding hydrogens is 238 g/mol. The van der Waals surface area contributed by atoms with Crippen molar-refractivity contribution >= 4 is 5.84 Å². The molecule has 0 spiro atoms. The van der Waals surface area contributed by atoms with E-state index in [4.69, 9.17) is 10.9 Å². The molecule has 1 aliphatic rings. The lowest BCUT2D eigenvalue weighted by molar-refractivity contribution is 0.261. The summed E-state index contributed by atoms with van der Waals surface area (Å²) in [6.45, 7) is 7.17. The summed E-state index contributed by atoms with van der Waals surface area (Å²) < 4.78 is 0. The van der Waals surface area contributed by atoms with Crippen LogP contribution >= 0.6 is 0 Å². The first kappa shape index (κ1) is 13.9. The second kappa shape index (κ2) is 5.61. The Labute approximate surface area is 114 Å². The van der Waals surface area contributed by atoms with E-state index in [1.807, 2.05) is 13.8 Å². The van der Waals surface area contributed by atoms with Crippen LogP contribution in [0.2, 0.25) is 0 Å². The highest BCUT2D eigenvalue weighted by Gasteiger charge is 2.24. The smallest absolute Gasteiger partial charge is 0.144 e. The highest BCUT2D eigenvalue weighted by atomic mass is 16.4. The summed E-state index contributed by atoms with van der Waals surface area (Å²) in [5.74, 6) is 0.317. The van der Waals surface area contributed by atoms with Crippen molar-refractivity contribution in [3.05, 3.63) is 35.4 Å². The summed E-state index contributed by atoms with van der Waals surface area (Å²) in [6.07, 6.45) is 1.98. The minimum atomic E-state index is -0.235. The first-order valence-electron chi connectivity index (χ1n) is 6.80. The van der Waals surface area contributed by atoms with Gasteiger partial charge in [-0.15, -0.1) is 0 Å². The predicted octanol–water partition coefficient (Wildman–Crippen LogP) is 2.56. The minimum Gasteiger partial charge on any atom is -0.409 e. The molecule has 19 heavy (non-hydrogen) atoms. The number of fused-ring (bicyclic) bond motifs is 1. The fraction of sp³-hybridized carbons (Fsp3) is 0.533. The maximum Gasteiger partial charge on any atom is 0.144 e. The van der Waals surface area contributed by atoms with Gasteiger partial charge in [0.05, 0.1) is 0 Å². The number of nitrogens with zero attached hydrogens (tertiary/aromatic N) is 2. The van der Waals surface area contributed by atoms with Crippen LogP contribution in [0, 0.1) is 5.41 Å². The third-order valence-electron chi connectivity index (χ3n) is 3.98. The number of nitrogens with two attached hydrogens (primary N) is 1. The highest BCUT2D eigenvalue weighted by molar-refractivity contribution is 5.85. The monoisotopic (exact) mass is 261 g/mol. The molecule has 0 saturated heterocycles. The van der Waals surface area contributed by atoms with Crippen molar-refractivity contribution in [2.75, 3.05) is 6.54 Å². The van der Waals surface area contributed by atoms with Gasteiger partial charge in [0.25, 0.3) is 0 Å². The van der Waals surface area contributed by atoms with E-state index in [1.54, 1.807) is 0 Å². The van der Waals surface area contributed by atoms with Gasteiger partial charge in [0.2, 0.25) is 0 Å². The van der Waals surface area contributed by atoms with Gasteiger partial charge in [-0.3, -0.25) is 4.90 Å². The Morgan fingerprint density at radius 1 is 1.32 bits per heavy atom. The standard InChI is InChI=1S/C15H23N3O/c1-15(2,14(16)17-19)8-5-9-18-10-12-6-3-4-7-13(12)11-18/h3-4,6-7,19H,5,8-11H2,1-2H3,(H2,16,17). The molecule has 0 atom stereocenters. The summed E-state index contributed by atoms with van der Waals surface area (Å²) >= 11 is 0. The van der Waals surface area contributed by atoms with Crippen LogP contribution in [0.15, 0.2) is 29.4 Å². The van der Waals surface area contributed by atoms with E-state index >= 15 is 0 Å². The molecule has 0 radical (unpaired) electrons. The van der Waals surface area contributed by atoms with Gasteiger partial charge in [-0.05, 0) is 30.5 Å². The topological polar surface area (TPSA) is 61.8 Å². The van der Waals surface area contributed by atoms with Gasteiger partial charge in [-0.25, -0.2) is 0 Å². The Bertz CT molecular complexity index is 443. The minimum absolute atomic E-state index is 0.235. The molecule has 1 aromatic rings. The molecule has 1 heterocycles. The predicted molar refractivity (Wildman–Crippen MR) is 77.0 cm³/mol. The number of hydrogen-bond donors (Lipinski definition) is 2. The van der Waals surface area contributed by atoms with Gasteiger partial charge < -0.3 is 10.9 Å². The molecule has 1 aromatic carbocycles. The second-order valence-corrected chi connectivity index (χ2v) is 5.95. The van der Waals surface area contributed by atoms with E-state index < -0.39 is 0 Å². The molecule has 1 aliphatic heterocycles. The average molecular weight is 261 g/mol. The van der Waals surface area contributed by atoms with Crippen molar-refractivity contribution < 1.29 is 5.21 Å². The summed E-state index contributed by atoms with van der Waals surface area (Å²) in [4.78, 5) is 2.45. The number of rotatable bonds is 5. The molecule has 4 nitrogen and oxygen atoms in total. The van der Waals surface area contributed by atoms with E-state index in [0.717, 1.165) is 32.5 Å². The Morgan fingerprint density at radius 2 is 1.89 bits per heavy atom. The van der Waals surface area contributed by atoms with Crippen molar-refractivity contribution in [3.8, 4) is 0 Å². The van der Waals surface area contributed by atoms with E-state index in [9.17, 15) is 0 Å². The first-order valence-corrected chi connectivity index (χ1v) is 6.80. The van der Waals surface area contributed by atoms with Crippen LogP contribution in [0.25, 0.3) is 0 Å². The lowest BCUT2D eigenvalue weighted by atomic mass is 9.86. The van der Waals surface area contributed by atoms with Gasteiger partial charge in [0, 0.05) is 18.5 Å². The van der Waals surface area contributed by atoms with Crippen LogP contribution in [0.5, 0.6) is 0 Å². The average Bonchev–Trinajstić information content (AvgIpc) is 2.80. The number of hydrogen-bond acceptors (Lipinski definition) is 3. The second-order valence-electron chi connectivity index (χ2n) is 5.95. The lowest BCUT2D eigenvalue weighted by Crippen LogP contribution is -2.32. The Kier molecular flexibility index (Phi) is 4.10. The Morgan fingerprint density at radius 3 is 2.42 bits per heavy atom. The maximum absolute atomic E-state index is 8.75. The van der Waals surface area contributed by atoms with Crippen molar-refractivity contribution in [2.45, 2.75) is 39.8 Å². The quantitative estimate of drug-likeness (QED) is 0.370. The Balaban J connectivity index is 1.80. The summed E-state index contributed by atoms with van der Waals surface area (Å²) in [7, 11) is 0. The van der Waals surface area contributed by atoms with Gasteiger partial charge >= 0.3 is 0 Å². The molecule has 104 valence electrons. The molecule has 0 aliphatic carbocycles. The van der Waals surface area contributed by atoms with Crippen molar-refractivity contribution in [1.29, 1.82) is 0 Å². The van der Waals surface area contributed by atoms with Crippen LogP contribution in [0.4, 0.5) is 0 Å². The number of amidine groups is 1. The van der Waals surface area contributed by atoms with Crippen LogP contribution in [0.1, 0.15) is 37.8 Å². The van der Waals surface area contributed by atoms with Crippen molar-refractivity contribution in [3.63, 3.8) is 0 Å². The molecule has 0 unspecified atom stereocenters. The fourth-order valence-electron chi connectivity index (χ4n) is 2.57. The summed E-state index contributed by atoms with van der Waals surface area (Å²) in [5.41, 5.74) is 8.35. The van der Waals surface area contributed by atoms with Gasteiger partial charge in [0.1, 0.15) is 5.84 Å². The van der Waals surface area contributed by atoms with Crippen molar-refractivity contribution in [1.82, 2.24) is 4.90 Å². The fourth-order valence-corrected chi connectivity index (χ4v) is 2.57. The van der Waals surface area contributed by atoms with Gasteiger partial charge in [0.15, 0.2) is 0 Å². The van der Waals surface area contributed by atoms with E-state index in [1.165, 1.54) is 11.1 Å². The van der Waals surface area contributed by atoms with Crippen LogP contribution < -0.4 is 5.73 Å². The molecule has 0 fully saturated rings. The molecule has 0 saturated carbocycles. The first-order chi connectivity index (χ1) is 9.03.